The average molecular weight is 325 g/mol. The Labute approximate surface area is 132 Å². The first-order chi connectivity index (χ1) is 10.1. The Balaban J connectivity index is 1.70. The lowest BCUT2D eigenvalue weighted by atomic mass is 10.1. The maximum Gasteiger partial charge on any atom is 0.207 e. The van der Waals surface area contributed by atoms with Crippen LogP contribution >= 0.6 is 23.2 Å². The normalized spacial score (nSPS) is 18.6. The van der Waals surface area contributed by atoms with Crippen molar-refractivity contribution in [2.24, 2.45) is 5.73 Å². The van der Waals surface area contributed by atoms with Gasteiger partial charge in [0.25, 0.3) is 0 Å². The topological polar surface area (TPSA) is 51.6 Å². The van der Waals surface area contributed by atoms with Crippen LogP contribution in [0.3, 0.4) is 0 Å². The Hall–Kier alpha value is -1.62. The third-order valence-corrected chi connectivity index (χ3v) is 3.69. The Morgan fingerprint density at radius 1 is 1.19 bits per heavy atom. The molecule has 1 atom stereocenters. The molecule has 0 spiro atoms. The van der Waals surface area contributed by atoms with E-state index in [-0.39, 0.29) is 6.04 Å². The van der Waals surface area contributed by atoms with E-state index in [1.54, 1.807) is 17.2 Å². The van der Waals surface area contributed by atoms with Gasteiger partial charge in [-0.3, -0.25) is 0 Å². The lowest BCUT2D eigenvalue weighted by molar-refractivity contribution is -0.122. The molecule has 1 aliphatic rings. The van der Waals surface area contributed by atoms with Crippen LogP contribution in [-0.4, -0.2) is 11.6 Å². The van der Waals surface area contributed by atoms with Gasteiger partial charge in [0.05, 0.1) is 0 Å². The van der Waals surface area contributed by atoms with Gasteiger partial charge in [-0.25, -0.2) is 0 Å². The second kappa shape index (κ2) is 6.02. The molecule has 1 aromatic carbocycles. The van der Waals surface area contributed by atoms with Crippen LogP contribution < -0.4 is 5.73 Å². The first-order valence-corrected chi connectivity index (χ1v) is 7.29. The molecule has 1 aromatic heterocycles. The van der Waals surface area contributed by atoms with Crippen LogP contribution in [0.15, 0.2) is 52.8 Å². The van der Waals surface area contributed by atoms with Crippen molar-refractivity contribution in [1.82, 2.24) is 5.06 Å². The Kier molecular flexibility index (Phi) is 4.10. The molecule has 0 saturated carbocycles. The Morgan fingerprint density at radius 2 is 2.05 bits per heavy atom. The van der Waals surface area contributed by atoms with Gasteiger partial charge in [0.2, 0.25) is 5.88 Å². The number of benzene rings is 1. The van der Waals surface area contributed by atoms with Crippen LogP contribution in [-0.2, 0) is 11.3 Å². The van der Waals surface area contributed by atoms with Gasteiger partial charge in [-0.2, -0.15) is 0 Å². The van der Waals surface area contributed by atoms with Gasteiger partial charge in [-0.15, -0.1) is 5.06 Å². The summed E-state index contributed by atoms with van der Waals surface area (Å²) in [6.45, 7) is 0.653. The number of hydrogen-bond acceptors (Lipinski definition) is 4. The third-order valence-electron chi connectivity index (χ3n) is 3.25. The average Bonchev–Trinajstić information content (AvgIpc) is 3.02. The van der Waals surface area contributed by atoms with Crippen molar-refractivity contribution < 1.29 is 9.25 Å². The number of rotatable bonds is 4. The molecule has 2 N–H and O–H groups in total. The molecule has 0 aliphatic carbocycles. The van der Waals surface area contributed by atoms with Crippen molar-refractivity contribution in [3.05, 3.63) is 69.9 Å². The standard InChI is InChI=1S/C15H14Cl2N2O2/c16-11-3-1-2-10(8-11)6-7-19-12(9-15(18)21-19)13-4-5-14(17)20-13/h1-5,8-9,12H,6-7,18H2. The quantitative estimate of drug-likeness (QED) is 0.926. The van der Waals surface area contributed by atoms with Crippen LogP contribution in [0.5, 0.6) is 0 Å². The Bertz CT molecular complexity index is 669. The minimum Gasteiger partial charge on any atom is -0.448 e. The summed E-state index contributed by atoms with van der Waals surface area (Å²) >= 11 is 11.8. The molecule has 0 fully saturated rings. The van der Waals surface area contributed by atoms with Crippen molar-refractivity contribution in [2.45, 2.75) is 12.5 Å². The van der Waals surface area contributed by atoms with E-state index in [1.807, 2.05) is 30.3 Å². The number of hydroxylamine groups is 2. The first-order valence-electron chi connectivity index (χ1n) is 6.53. The van der Waals surface area contributed by atoms with Crippen LogP contribution in [0, 0.1) is 0 Å². The van der Waals surface area contributed by atoms with E-state index in [0.717, 1.165) is 17.0 Å². The second-order valence-electron chi connectivity index (χ2n) is 4.77. The zero-order valence-corrected chi connectivity index (χ0v) is 12.6. The van der Waals surface area contributed by atoms with Crippen molar-refractivity contribution in [3.63, 3.8) is 0 Å². The molecule has 2 aromatic rings. The summed E-state index contributed by atoms with van der Waals surface area (Å²) in [4.78, 5) is 5.53. The zero-order valence-electron chi connectivity index (χ0n) is 11.1. The van der Waals surface area contributed by atoms with Crippen LogP contribution in [0.4, 0.5) is 0 Å². The maximum atomic E-state index is 5.99. The van der Waals surface area contributed by atoms with Gasteiger partial charge in [-0.1, -0.05) is 23.7 Å². The maximum absolute atomic E-state index is 5.99. The molecule has 1 aliphatic heterocycles. The van der Waals surface area contributed by atoms with Crippen LogP contribution in [0.1, 0.15) is 17.4 Å². The molecule has 4 nitrogen and oxygen atoms in total. The molecule has 6 heteroatoms. The van der Waals surface area contributed by atoms with E-state index in [0.29, 0.717) is 23.4 Å². The number of nitrogens with two attached hydrogens (primary N) is 1. The van der Waals surface area contributed by atoms with E-state index < -0.39 is 0 Å². The zero-order chi connectivity index (χ0) is 14.8. The molecule has 0 saturated heterocycles. The highest BCUT2D eigenvalue weighted by Crippen LogP contribution is 2.32. The largest absolute Gasteiger partial charge is 0.448 e. The molecule has 0 radical (unpaired) electrons. The summed E-state index contributed by atoms with van der Waals surface area (Å²) < 4.78 is 5.44. The van der Waals surface area contributed by atoms with Crippen molar-refractivity contribution in [2.75, 3.05) is 6.54 Å². The highest BCUT2D eigenvalue weighted by Gasteiger charge is 2.29. The molecule has 1 unspecified atom stereocenters. The summed E-state index contributed by atoms with van der Waals surface area (Å²) in [5, 5.41) is 2.84. The van der Waals surface area contributed by atoms with Gasteiger partial charge < -0.3 is 15.0 Å². The first kappa shape index (κ1) is 14.3. The van der Waals surface area contributed by atoms with E-state index in [9.17, 15) is 0 Å². The molecule has 0 amide bonds. The monoisotopic (exact) mass is 324 g/mol. The summed E-state index contributed by atoms with van der Waals surface area (Å²) in [6, 6.07) is 11.1. The predicted molar refractivity (Wildman–Crippen MR) is 81.7 cm³/mol. The summed E-state index contributed by atoms with van der Waals surface area (Å²) in [5.74, 6) is 1.06. The number of hydrogen-bond donors (Lipinski definition) is 1. The number of halogens is 2. The smallest absolute Gasteiger partial charge is 0.207 e. The van der Waals surface area contributed by atoms with E-state index in [2.05, 4.69) is 0 Å². The van der Waals surface area contributed by atoms with E-state index in [4.69, 9.17) is 38.2 Å². The van der Waals surface area contributed by atoms with Gasteiger partial charge in [0.15, 0.2) is 5.22 Å². The predicted octanol–water partition coefficient (Wildman–Crippen LogP) is 3.92. The fourth-order valence-electron chi connectivity index (χ4n) is 2.29. The molecule has 21 heavy (non-hydrogen) atoms. The van der Waals surface area contributed by atoms with Gasteiger partial charge in [0, 0.05) is 17.6 Å². The van der Waals surface area contributed by atoms with E-state index in [1.165, 1.54) is 0 Å². The highest BCUT2D eigenvalue weighted by atomic mass is 35.5. The van der Waals surface area contributed by atoms with Crippen molar-refractivity contribution in [1.29, 1.82) is 0 Å². The fraction of sp³-hybridized carbons (Fsp3) is 0.200. The lowest BCUT2D eigenvalue weighted by Crippen LogP contribution is -2.25. The molecule has 2 heterocycles. The number of furan rings is 1. The fourth-order valence-corrected chi connectivity index (χ4v) is 2.65. The lowest BCUT2D eigenvalue weighted by Gasteiger charge is -2.21. The minimum absolute atomic E-state index is 0.170. The minimum atomic E-state index is -0.170. The molecule has 3 rings (SSSR count). The van der Waals surface area contributed by atoms with E-state index >= 15 is 0 Å². The van der Waals surface area contributed by atoms with Crippen molar-refractivity contribution in [3.8, 4) is 0 Å². The third kappa shape index (κ3) is 3.35. The Morgan fingerprint density at radius 3 is 2.76 bits per heavy atom. The van der Waals surface area contributed by atoms with Crippen molar-refractivity contribution >= 4 is 23.2 Å². The second-order valence-corrected chi connectivity index (χ2v) is 5.58. The summed E-state index contributed by atoms with van der Waals surface area (Å²) in [6.07, 6.45) is 2.58. The molecule has 0 bridgehead atoms. The van der Waals surface area contributed by atoms with Crippen LogP contribution in [0.2, 0.25) is 10.2 Å². The van der Waals surface area contributed by atoms with Gasteiger partial charge in [-0.05, 0) is 47.9 Å². The highest BCUT2D eigenvalue weighted by molar-refractivity contribution is 6.30. The molecular weight excluding hydrogens is 311 g/mol. The molecule has 110 valence electrons. The number of nitrogens with zero attached hydrogens (tertiary/aromatic N) is 1. The molecular formula is C15H14Cl2N2O2. The summed E-state index contributed by atoms with van der Waals surface area (Å²) in [5.41, 5.74) is 6.89. The van der Waals surface area contributed by atoms with Gasteiger partial charge >= 0.3 is 0 Å². The van der Waals surface area contributed by atoms with Gasteiger partial charge in [0.1, 0.15) is 11.8 Å². The van der Waals surface area contributed by atoms with Crippen LogP contribution in [0.25, 0.3) is 0 Å². The summed E-state index contributed by atoms with van der Waals surface area (Å²) in [7, 11) is 0. The SMILES string of the molecule is NC1=CC(c2ccc(Cl)o2)N(CCc2cccc(Cl)c2)O1.